The summed E-state index contributed by atoms with van der Waals surface area (Å²) in [4.78, 5) is 12.1. The van der Waals surface area contributed by atoms with E-state index in [1.54, 1.807) is 10.9 Å². The van der Waals surface area contributed by atoms with Crippen LogP contribution in [-0.4, -0.2) is 15.8 Å². The predicted octanol–water partition coefficient (Wildman–Crippen LogP) is 3.53. The number of nitrogens with zero attached hydrogens (tertiary/aromatic N) is 2. The third kappa shape index (κ3) is 2.58. The Hall–Kier alpha value is -2.82. The van der Waals surface area contributed by atoms with Gasteiger partial charge in [0.15, 0.2) is 0 Å². The minimum Gasteiger partial charge on any atom is -0.307 e. The average Bonchev–Trinajstić information content (AvgIpc) is 2.80. The maximum absolute atomic E-state index is 12.1. The van der Waals surface area contributed by atoms with Gasteiger partial charge in [-0.15, -0.1) is 0 Å². The molecule has 0 spiro atoms. The van der Waals surface area contributed by atoms with E-state index in [2.05, 4.69) is 15.7 Å². The van der Waals surface area contributed by atoms with Gasteiger partial charge in [0, 0.05) is 12.4 Å². The van der Waals surface area contributed by atoms with Gasteiger partial charge in [-0.3, -0.25) is 4.68 Å². The lowest BCUT2D eigenvalue weighted by Crippen LogP contribution is -2.19. The molecule has 0 radical (unpaired) electrons. The van der Waals surface area contributed by atoms with Gasteiger partial charge in [-0.2, -0.15) is 5.10 Å². The standard InChI is InChI=1S/C16H16N4O/c1-11-15(10-17-20(11)2)19-16(21)18-14-9-5-7-12-6-3-4-8-13(12)14/h3-10H,1-2H3,(H2,18,19,21). The Kier molecular flexibility index (Phi) is 3.31. The lowest BCUT2D eigenvalue weighted by atomic mass is 10.1. The smallest absolute Gasteiger partial charge is 0.307 e. The summed E-state index contributed by atoms with van der Waals surface area (Å²) in [6, 6.07) is 13.5. The van der Waals surface area contributed by atoms with E-state index in [0.29, 0.717) is 5.69 Å². The molecule has 2 amide bonds. The number of aryl methyl sites for hydroxylation is 1. The normalized spacial score (nSPS) is 10.6. The molecule has 0 aliphatic carbocycles. The molecule has 3 aromatic rings. The number of hydrogen-bond acceptors (Lipinski definition) is 2. The fourth-order valence-electron chi connectivity index (χ4n) is 2.23. The highest BCUT2D eigenvalue weighted by molar-refractivity contribution is 6.06. The highest BCUT2D eigenvalue weighted by Gasteiger charge is 2.09. The Morgan fingerprint density at radius 1 is 1.05 bits per heavy atom. The Morgan fingerprint density at radius 3 is 2.52 bits per heavy atom. The van der Waals surface area contributed by atoms with Gasteiger partial charge in [0.25, 0.3) is 0 Å². The van der Waals surface area contributed by atoms with Crippen molar-refractivity contribution in [1.29, 1.82) is 0 Å². The Labute approximate surface area is 122 Å². The maximum atomic E-state index is 12.1. The SMILES string of the molecule is Cc1c(NC(=O)Nc2cccc3ccccc23)cnn1C. The van der Waals surface area contributed by atoms with Crippen molar-refractivity contribution in [2.75, 3.05) is 10.6 Å². The molecule has 5 nitrogen and oxygen atoms in total. The number of carbonyl (C=O) groups excluding carboxylic acids is 1. The largest absolute Gasteiger partial charge is 0.323 e. The van der Waals surface area contributed by atoms with Crippen LogP contribution >= 0.6 is 0 Å². The van der Waals surface area contributed by atoms with Crippen LogP contribution in [0.5, 0.6) is 0 Å². The molecule has 2 N–H and O–H groups in total. The zero-order valence-electron chi connectivity index (χ0n) is 11.9. The third-order valence-corrected chi connectivity index (χ3v) is 3.52. The van der Waals surface area contributed by atoms with Gasteiger partial charge in [0.2, 0.25) is 0 Å². The Bertz CT molecular complexity index is 802. The molecule has 1 aromatic heterocycles. The van der Waals surface area contributed by atoms with Gasteiger partial charge in [-0.25, -0.2) is 4.79 Å². The molecule has 0 saturated carbocycles. The number of nitrogens with one attached hydrogen (secondary N) is 2. The molecule has 21 heavy (non-hydrogen) atoms. The van der Waals surface area contributed by atoms with Gasteiger partial charge < -0.3 is 10.6 Å². The van der Waals surface area contributed by atoms with Crippen LogP contribution in [0.3, 0.4) is 0 Å². The van der Waals surface area contributed by atoms with Crippen LogP contribution in [0.2, 0.25) is 0 Å². The number of anilines is 2. The molecule has 3 rings (SSSR count). The van der Waals surface area contributed by atoms with E-state index in [4.69, 9.17) is 0 Å². The fraction of sp³-hybridized carbons (Fsp3) is 0.125. The molecule has 0 aliphatic heterocycles. The van der Waals surface area contributed by atoms with Crippen molar-refractivity contribution in [3.8, 4) is 0 Å². The van der Waals surface area contributed by atoms with Gasteiger partial charge in [0.05, 0.1) is 23.3 Å². The molecule has 1 heterocycles. The Morgan fingerprint density at radius 2 is 1.76 bits per heavy atom. The number of fused-ring (bicyclic) bond motifs is 1. The van der Waals surface area contributed by atoms with Crippen LogP contribution < -0.4 is 10.6 Å². The van der Waals surface area contributed by atoms with E-state index in [-0.39, 0.29) is 6.03 Å². The maximum Gasteiger partial charge on any atom is 0.323 e. The number of benzene rings is 2. The summed E-state index contributed by atoms with van der Waals surface area (Å²) in [6.45, 7) is 1.90. The quantitative estimate of drug-likeness (QED) is 0.754. The molecule has 2 aromatic carbocycles. The second-order valence-corrected chi connectivity index (χ2v) is 4.87. The average molecular weight is 280 g/mol. The number of urea groups is 1. The van der Waals surface area contributed by atoms with E-state index in [9.17, 15) is 4.79 Å². The summed E-state index contributed by atoms with van der Waals surface area (Å²) in [5, 5.41) is 11.9. The second-order valence-electron chi connectivity index (χ2n) is 4.87. The molecule has 5 heteroatoms. The second kappa shape index (κ2) is 5.28. The van der Waals surface area contributed by atoms with Crippen LogP contribution in [0.4, 0.5) is 16.2 Å². The zero-order chi connectivity index (χ0) is 14.8. The van der Waals surface area contributed by atoms with Crippen molar-refractivity contribution in [2.45, 2.75) is 6.92 Å². The number of aromatic nitrogens is 2. The van der Waals surface area contributed by atoms with E-state index < -0.39 is 0 Å². The molecule has 0 aliphatic rings. The highest BCUT2D eigenvalue weighted by atomic mass is 16.2. The molecular formula is C16H16N4O. The van der Waals surface area contributed by atoms with Crippen molar-refractivity contribution in [3.05, 3.63) is 54.4 Å². The number of rotatable bonds is 2. The van der Waals surface area contributed by atoms with Crippen LogP contribution in [0.15, 0.2) is 48.7 Å². The minimum absolute atomic E-state index is 0.276. The van der Waals surface area contributed by atoms with E-state index in [1.165, 1.54) is 0 Å². The van der Waals surface area contributed by atoms with E-state index >= 15 is 0 Å². The summed E-state index contributed by atoms with van der Waals surface area (Å²) in [5.41, 5.74) is 2.39. The summed E-state index contributed by atoms with van der Waals surface area (Å²) in [7, 11) is 1.84. The number of carbonyl (C=O) groups is 1. The third-order valence-electron chi connectivity index (χ3n) is 3.52. The molecule has 0 saturated heterocycles. The summed E-state index contributed by atoms with van der Waals surface area (Å²) >= 11 is 0. The summed E-state index contributed by atoms with van der Waals surface area (Å²) < 4.78 is 1.72. The zero-order valence-corrected chi connectivity index (χ0v) is 11.9. The van der Waals surface area contributed by atoms with Crippen LogP contribution in [0.1, 0.15) is 5.69 Å². The monoisotopic (exact) mass is 280 g/mol. The molecular weight excluding hydrogens is 264 g/mol. The summed E-state index contributed by atoms with van der Waals surface area (Å²) in [6.07, 6.45) is 1.64. The molecule has 0 bridgehead atoms. The van der Waals surface area contributed by atoms with Crippen LogP contribution in [0, 0.1) is 6.92 Å². The fourth-order valence-corrected chi connectivity index (χ4v) is 2.23. The van der Waals surface area contributed by atoms with Gasteiger partial charge in [0.1, 0.15) is 0 Å². The molecule has 0 fully saturated rings. The van der Waals surface area contributed by atoms with Crippen molar-refractivity contribution in [3.63, 3.8) is 0 Å². The molecule has 0 atom stereocenters. The lowest BCUT2D eigenvalue weighted by Gasteiger charge is -2.09. The first-order valence-electron chi connectivity index (χ1n) is 6.69. The van der Waals surface area contributed by atoms with Crippen molar-refractivity contribution in [1.82, 2.24) is 9.78 Å². The van der Waals surface area contributed by atoms with Crippen molar-refractivity contribution < 1.29 is 4.79 Å². The minimum atomic E-state index is -0.276. The Balaban J connectivity index is 1.82. The van der Waals surface area contributed by atoms with Gasteiger partial charge in [-0.05, 0) is 18.4 Å². The highest BCUT2D eigenvalue weighted by Crippen LogP contribution is 2.23. The van der Waals surface area contributed by atoms with Crippen molar-refractivity contribution in [2.24, 2.45) is 7.05 Å². The van der Waals surface area contributed by atoms with Crippen LogP contribution in [0.25, 0.3) is 10.8 Å². The van der Waals surface area contributed by atoms with Crippen molar-refractivity contribution >= 4 is 28.2 Å². The lowest BCUT2D eigenvalue weighted by molar-refractivity contribution is 0.262. The summed E-state index contributed by atoms with van der Waals surface area (Å²) in [5.74, 6) is 0. The first-order valence-corrected chi connectivity index (χ1v) is 6.69. The molecule has 0 unspecified atom stereocenters. The topological polar surface area (TPSA) is 59.0 Å². The van der Waals surface area contributed by atoms with E-state index in [1.807, 2.05) is 56.4 Å². The number of amides is 2. The first kappa shape index (κ1) is 13.2. The van der Waals surface area contributed by atoms with Gasteiger partial charge in [-0.1, -0.05) is 36.4 Å². The first-order chi connectivity index (χ1) is 10.1. The predicted molar refractivity (Wildman–Crippen MR) is 84.5 cm³/mol. The number of hydrogen-bond donors (Lipinski definition) is 2. The molecule has 106 valence electrons. The van der Waals surface area contributed by atoms with E-state index in [0.717, 1.165) is 22.2 Å². The van der Waals surface area contributed by atoms with Gasteiger partial charge >= 0.3 is 6.03 Å². The van der Waals surface area contributed by atoms with Crippen LogP contribution in [-0.2, 0) is 7.05 Å².